The van der Waals surface area contributed by atoms with Crippen molar-refractivity contribution in [2.45, 2.75) is 51.2 Å². The minimum Gasteiger partial charge on any atom is -0.386 e. The van der Waals surface area contributed by atoms with E-state index in [4.69, 9.17) is 4.74 Å². The van der Waals surface area contributed by atoms with Crippen LogP contribution in [0.25, 0.3) is 0 Å². The third kappa shape index (κ3) is 3.30. The summed E-state index contributed by atoms with van der Waals surface area (Å²) in [5, 5.41) is 10.3. The molecule has 17 heavy (non-hydrogen) atoms. The molecule has 0 bridgehead atoms. The monoisotopic (exact) mass is 234 g/mol. The topological polar surface area (TPSA) is 29.5 Å². The zero-order valence-electron chi connectivity index (χ0n) is 10.6. The lowest BCUT2D eigenvalue weighted by molar-refractivity contribution is -0.0633. The number of aliphatic hydroxyl groups excluding tert-OH is 1. The summed E-state index contributed by atoms with van der Waals surface area (Å²) in [6.45, 7) is 2.96. The lowest BCUT2D eigenvalue weighted by atomic mass is 9.96. The fraction of sp³-hybridized carbons (Fsp3) is 0.600. The van der Waals surface area contributed by atoms with Crippen LogP contribution in [0.1, 0.15) is 49.8 Å². The van der Waals surface area contributed by atoms with E-state index in [1.165, 1.54) is 5.56 Å². The second-order valence-electron chi connectivity index (χ2n) is 4.84. The maximum atomic E-state index is 10.3. The van der Waals surface area contributed by atoms with E-state index < -0.39 is 6.10 Å². The maximum absolute atomic E-state index is 10.3. The molecule has 0 aromatic heterocycles. The molecule has 1 saturated heterocycles. The molecule has 0 amide bonds. The molecule has 1 aromatic rings. The zero-order valence-corrected chi connectivity index (χ0v) is 10.6. The van der Waals surface area contributed by atoms with Crippen LogP contribution in [-0.2, 0) is 11.2 Å². The highest BCUT2D eigenvalue weighted by molar-refractivity contribution is 5.26. The van der Waals surface area contributed by atoms with Crippen LogP contribution in [0.4, 0.5) is 0 Å². The quantitative estimate of drug-likeness (QED) is 0.866. The minimum atomic E-state index is -0.466. The van der Waals surface area contributed by atoms with Crippen molar-refractivity contribution in [1.29, 1.82) is 0 Å². The first-order valence-electron chi connectivity index (χ1n) is 6.69. The second kappa shape index (κ2) is 6.18. The Kier molecular flexibility index (Phi) is 4.57. The molecular weight excluding hydrogens is 212 g/mol. The van der Waals surface area contributed by atoms with Crippen molar-refractivity contribution in [3.05, 3.63) is 35.4 Å². The van der Waals surface area contributed by atoms with Crippen molar-refractivity contribution in [3.8, 4) is 0 Å². The summed E-state index contributed by atoms with van der Waals surface area (Å²) in [4.78, 5) is 0. The Morgan fingerprint density at radius 3 is 3.00 bits per heavy atom. The Hall–Kier alpha value is -0.860. The van der Waals surface area contributed by atoms with Gasteiger partial charge in [-0.3, -0.25) is 0 Å². The van der Waals surface area contributed by atoms with Crippen molar-refractivity contribution in [2.24, 2.45) is 0 Å². The number of hydrogen-bond acceptors (Lipinski definition) is 2. The molecule has 1 heterocycles. The summed E-state index contributed by atoms with van der Waals surface area (Å²) < 4.78 is 5.64. The Morgan fingerprint density at radius 1 is 1.41 bits per heavy atom. The smallest absolute Gasteiger partial charge is 0.105 e. The van der Waals surface area contributed by atoms with Gasteiger partial charge in [0.2, 0.25) is 0 Å². The van der Waals surface area contributed by atoms with Gasteiger partial charge < -0.3 is 9.84 Å². The van der Waals surface area contributed by atoms with Gasteiger partial charge in [0.05, 0.1) is 6.10 Å². The van der Waals surface area contributed by atoms with E-state index in [9.17, 15) is 5.11 Å². The predicted octanol–water partition coefficient (Wildman–Crippen LogP) is 3.24. The Balaban J connectivity index is 2.06. The van der Waals surface area contributed by atoms with E-state index in [1.54, 1.807) is 0 Å². The lowest BCUT2D eigenvalue weighted by Gasteiger charge is -2.27. The summed E-state index contributed by atoms with van der Waals surface area (Å²) in [6, 6.07) is 8.28. The van der Waals surface area contributed by atoms with Crippen molar-refractivity contribution in [2.75, 3.05) is 6.61 Å². The molecule has 1 aliphatic heterocycles. The number of ether oxygens (including phenoxy) is 1. The molecule has 1 N–H and O–H groups in total. The third-order valence-electron chi connectivity index (χ3n) is 3.40. The predicted molar refractivity (Wildman–Crippen MR) is 69.0 cm³/mol. The standard InChI is InChI=1S/C15H22O2/c1-2-6-12-7-5-8-13(11-12)15(16)14-9-3-4-10-17-14/h5,7-8,11,14-16H,2-4,6,9-10H2,1H3. The lowest BCUT2D eigenvalue weighted by Crippen LogP contribution is -2.26. The molecule has 0 saturated carbocycles. The van der Waals surface area contributed by atoms with Crippen molar-refractivity contribution >= 4 is 0 Å². The number of aliphatic hydroxyl groups is 1. The SMILES string of the molecule is CCCc1cccc(C(O)C2CCCCO2)c1. The fourth-order valence-electron chi connectivity index (χ4n) is 2.45. The van der Waals surface area contributed by atoms with Gasteiger partial charge in [0, 0.05) is 6.61 Å². The minimum absolute atomic E-state index is 0.0133. The average molecular weight is 234 g/mol. The van der Waals surface area contributed by atoms with E-state index in [2.05, 4.69) is 19.1 Å². The van der Waals surface area contributed by atoms with Crippen LogP contribution >= 0.6 is 0 Å². The molecule has 1 aromatic carbocycles. The molecule has 2 atom stereocenters. The molecule has 0 radical (unpaired) electrons. The van der Waals surface area contributed by atoms with Gasteiger partial charge in [-0.15, -0.1) is 0 Å². The van der Waals surface area contributed by atoms with Crippen molar-refractivity contribution in [1.82, 2.24) is 0 Å². The number of hydrogen-bond donors (Lipinski definition) is 1. The van der Waals surface area contributed by atoms with Gasteiger partial charge in [0.25, 0.3) is 0 Å². The molecule has 2 nitrogen and oxygen atoms in total. The van der Waals surface area contributed by atoms with Crippen molar-refractivity contribution in [3.63, 3.8) is 0 Å². The normalized spacial score (nSPS) is 22.4. The number of aryl methyl sites for hydroxylation is 1. The summed E-state index contributed by atoms with van der Waals surface area (Å²) in [6.07, 6.45) is 4.99. The molecule has 0 aliphatic carbocycles. The van der Waals surface area contributed by atoms with Crippen LogP contribution in [-0.4, -0.2) is 17.8 Å². The van der Waals surface area contributed by atoms with Gasteiger partial charge in [-0.1, -0.05) is 37.6 Å². The highest BCUT2D eigenvalue weighted by Crippen LogP contribution is 2.26. The summed E-state index contributed by atoms with van der Waals surface area (Å²) in [5.74, 6) is 0. The van der Waals surface area contributed by atoms with E-state index >= 15 is 0 Å². The molecular formula is C15H22O2. The number of rotatable bonds is 4. The number of benzene rings is 1. The Bertz CT molecular complexity index is 343. The summed E-state index contributed by atoms with van der Waals surface area (Å²) >= 11 is 0. The van der Waals surface area contributed by atoms with Crippen LogP contribution in [0.3, 0.4) is 0 Å². The third-order valence-corrected chi connectivity index (χ3v) is 3.40. The molecule has 1 fully saturated rings. The van der Waals surface area contributed by atoms with Crippen LogP contribution < -0.4 is 0 Å². The molecule has 1 aliphatic rings. The van der Waals surface area contributed by atoms with Gasteiger partial charge in [-0.2, -0.15) is 0 Å². The second-order valence-corrected chi connectivity index (χ2v) is 4.84. The van der Waals surface area contributed by atoms with Gasteiger partial charge in [-0.05, 0) is 36.8 Å². The van der Waals surface area contributed by atoms with Crippen LogP contribution in [0.15, 0.2) is 24.3 Å². The highest BCUT2D eigenvalue weighted by Gasteiger charge is 2.23. The highest BCUT2D eigenvalue weighted by atomic mass is 16.5. The molecule has 0 spiro atoms. The van der Waals surface area contributed by atoms with Gasteiger partial charge in [0.15, 0.2) is 0 Å². The van der Waals surface area contributed by atoms with Crippen LogP contribution in [0, 0.1) is 0 Å². The van der Waals surface area contributed by atoms with E-state index in [0.29, 0.717) is 0 Å². The van der Waals surface area contributed by atoms with Crippen LogP contribution in [0.2, 0.25) is 0 Å². The van der Waals surface area contributed by atoms with E-state index in [1.807, 2.05) is 12.1 Å². The first-order valence-corrected chi connectivity index (χ1v) is 6.69. The first-order chi connectivity index (χ1) is 8.31. The van der Waals surface area contributed by atoms with Gasteiger partial charge in [0.1, 0.15) is 6.10 Å². The van der Waals surface area contributed by atoms with Crippen LogP contribution in [0.5, 0.6) is 0 Å². The molecule has 2 rings (SSSR count). The largest absolute Gasteiger partial charge is 0.386 e. The molecule has 94 valence electrons. The Morgan fingerprint density at radius 2 is 2.29 bits per heavy atom. The summed E-state index contributed by atoms with van der Waals surface area (Å²) in [7, 11) is 0. The average Bonchev–Trinajstić information content (AvgIpc) is 2.40. The summed E-state index contributed by atoms with van der Waals surface area (Å²) in [5.41, 5.74) is 2.31. The molecule has 2 heteroatoms. The van der Waals surface area contributed by atoms with E-state index in [-0.39, 0.29) is 6.10 Å². The first kappa shape index (κ1) is 12.6. The van der Waals surface area contributed by atoms with Gasteiger partial charge in [-0.25, -0.2) is 0 Å². The maximum Gasteiger partial charge on any atom is 0.105 e. The molecule has 2 unspecified atom stereocenters. The fourth-order valence-corrected chi connectivity index (χ4v) is 2.45. The zero-order chi connectivity index (χ0) is 12.1. The van der Waals surface area contributed by atoms with Crippen molar-refractivity contribution < 1.29 is 9.84 Å². The van der Waals surface area contributed by atoms with Gasteiger partial charge >= 0.3 is 0 Å². The Labute approximate surface area is 104 Å². The van der Waals surface area contributed by atoms with E-state index in [0.717, 1.165) is 44.3 Å².